The molecule has 0 amide bonds. The first kappa shape index (κ1) is 12.4. The smallest absolute Gasteiger partial charge is 0.135 e. The normalized spacial score (nSPS) is 10.7. The van der Waals surface area contributed by atoms with Gasteiger partial charge in [-0.05, 0) is 36.8 Å². The van der Waals surface area contributed by atoms with Gasteiger partial charge in [0.25, 0.3) is 0 Å². The lowest BCUT2D eigenvalue weighted by Gasteiger charge is -2.06. The van der Waals surface area contributed by atoms with E-state index in [2.05, 4.69) is 5.10 Å². The van der Waals surface area contributed by atoms with E-state index in [4.69, 9.17) is 5.73 Å². The van der Waals surface area contributed by atoms with Crippen LogP contribution in [0.1, 0.15) is 5.56 Å². The van der Waals surface area contributed by atoms with Gasteiger partial charge in [0.15, 0.2) is 0 Å². The number of nitrogens with two attached hydrogens (primary N) is 1. The van der Waals surface area contributed by atoms with Crippen LogP contribution in [0.2, 0.25) is 0 Å². The van der Waals surface area contributed by atoms with Crippen molar-refractivity contribution < 1.29 is 4.39 Å². The lowest BCUT2D eigenvalue weighted by molar-refractivity contribution is 0.628. The summed E-state index contributed by atoms with van der Waals surface area (Å²) < 4.78 is 14.6. The van der Waals surface area contributed by atoms with Crippen molar-refractivity contribution in [3.63, 3.8) is 0 Å². The molecule has 1 aromatic heterocycles. The molecule has 0 radical (unpaired) electrons. The van der Waals surface area contributed by atoms with E-state index in [1.807, 2.05) is 31.2 Å². The minimum absolute atomic E-state index is 0.266. The Hall–Kier alpha value is -2.62. The zero-order chi connectivity index (χ0) is 14.1. The van der Waals surface area contributed by atoms with Crippen LogP contribution in [0.25, 0.3) is 16.8 Å². The molecule has 3 aromatic rings. The summed E-state index contributed by atoms with van der Waals surface area (Å²) in [6.45, 7) is 2.03. The van der Waals surface area contributed by atoms with Gasteiger partial charge in [0.2, 0.25) is 0 Å². The van der Waals surface area contributed by atoms with Gasteiger partial charge in [0.1, 0.15) is 11.6 Å². The third-order valence-electron chi connectivity index (χ3n) is 3.24. The Morgan fingerprint density at radius 2 is 1.65 bits per heavy atom. The first-order valence-corrected chi connectivity index (χ1v) is 6.31. The zero-order valence-electron chi connectivity index (χ0n) is 11.0. The fourth-order valence-electron chi connectivity index (χ4n) is 2.10. The van der Waals surface area contributed by atoms with Crippen molar-refractivity contribution >= 4 is 5.82 Å². The van der Waals surface area contributed by atoms with E-state index < -0.39 is 0 Å². The highest BCUT2D eigenvalue weighted by Crippen LogP contribution is 2.27. The third kappa shape index (κ3) is 2.16. The van der Waals surface area contributed by atoms with Crippen molar-refractivity contribution in [3.05, 3.63) is 66.1 Å². The Morgan fingerprint density at radius 1 is 1.00 bits per heavy atom. The number of nitrogen functional groups attached to an aromatic ring is 1. The number of rotatable bonds is 2. The lowest BCUT2D eigenvalue weighted by Crippen LogP contribution is -2.02. The van der Waals surface area contributed by atoms with Crippen LogP contribution < -0.4 is 5.73 Å². The number of nitrogens with zero attached hydrogens (tertiary/aromatic N) is 2. The predicted octanol–water partition coefficient (Wildman–Crippen LogP) is 3.57. The van der Waals surface area contributed by atoms with E-state index in [1.54, 1.807) is 23.0 Å². The van der Waals surface area contributed by atoms with Gasteiger partial charge < -0.3 is 5.73 Å². The molecule has 2 N–H and O–H groups in total. The molecule has 3 nitrogen and oxygen atoms in total. The summed E-state index contributed by atoms with van der Waals surface area (Å²) in [5.74, 6) is 0.277. The second-order valence-corrected chi connectivity index (χ2v) is 4.70. The van der Waals surface area contributed by atoms with Crippen molar-refractivity contribution in [3.8, 4) is 16.8 Å². The van der Waals surface area contributed by atoms with Crippen LogP contribution in [0.15, 0.2) is 54.7 Å². The first-order valence-electron chi connectivity index (χ1n) is 6.31. The molecule has 0 atom stereocenters. The number of halogens is 1. The summed E-state index contributed by atoms with van der Waals surface area (Å²) in [5.41, 5.74) is 9.88. The zero-order valence-corrected chi connectivity index (χ0v) is 11.0. The molecule has 0 saturated heterocycles. The van der Waals surface area contributed by atoms with Gasteiger partial charge in [-0.1, -0.05) is 29.8 Å². The van der Waals surface area contributed by atoms with Crippen molar-refractivity contribution in [2.75, 3.05) is 5.73 Å². The Labute approximate surface area is 116 Å². The topological polar surface area (TPSA) is 43.8 Å². The molecular weight excluding hydrogens is 253 g/mol. The fraction of sp³-hybridized carbons (Fsp3) is 0.0625. The summed E-state index contributed by atoms with van der Waals surface area (Å²) in [7, 11) is 0. The molecule has 2 aromatic carbocycles. The highest BCUT2D eigenvalue weighted by molar-refractivity contribution is 5.74. The van der Waals surface area contributed by atoms with E-state index in [1.165, 1.54) is 17.7 Å². The van der Waals surface area contributed by atoms with E-state index in [-0.39, 0.29) is 5.82 Å². The maximum absolute atomic E-state index is 13.0. The molecule has 0 spiro atoms. The predicted molar refractivity (Wildman–Crippen MR) is 78.1 cm³/mol. The van der Waals surface area contributed by atoms with Crippen molar-refractivity contribution in [1.29, 1.82) is 0 Å². The molecule has 0 unspecified atom stereocenters. The Kier molecular flexibility index (Phi) is 2.99. The van der Waals surface area contributed by atoms with Gasteiger partial charge in [-0.25, -0.2) is 9.07 Å². The van der Waals surface area contributed by atoms with Gasteiger partial charge in [0.05, 0.1) is 11.9 Å². The molecular formula is C16H14FN3. The van der Waals surface area contributed by atoms with E-state index in [0.29, 0.717) is 5.82 Å². The Bertz CT molecular complexity index is 664. The highest BCUT2D eigenvalue weighted by Gasteiger charge is 2.10. The van der Waals surface area contributed by atoms with Gasteiger partial charge in [0, 0.05) is 5.56 Å². The minimum Gasteiger partial charge on any atom is -0.383 e. The number of hydrogen-bond donors (Lipinski definition) is 1. The molecule has 0 aliphatic carbocycles. The van der Waals surface area contributed by atoms with Gasteiger partial charge in [-0.15, -0.1) is 0 Å². The maximum atomic E-state index is 13.0. The molecule has 0 aliphatic rings. The van der Waals surface area contributed by atoms with Gasteiger partial charge in [-0.3, -0.25) is 0 Å². The molecule has 0 aliphatic heterocycles. The van der Waals surface area contributed by atoms with Crippen LogP contribution in [0.5, 0.6) is 0 Å². The number of hydrogen-bond acceptors (Lipinski definition) is 2. The summed E-state index contributed by atoms with van der Waals surface area (Å²) in [4.78, 5) is 0. The van der Waals surface area contributed by atoms with Crippen molar-refractivity contribution in [2.45, 2.75) is 6.92 Å². The van der Waals surface area contributed by atoms with Crippen LogP contribution >= 0.6 is 0 Å². The quantitative estimate of drug-likeness (QED) is 0.771. The summed E-state index contributed by atoms with van der Waals surface area (Å²) in [6, 6.07) is 14.2. The maximum Gasteiger partial charge on any atom is 0.135 e. The molecule has 0 fully saturated rings. The average Bonchev–Trinajstić information content (AvgIpc) is 2.83. The average molecular weight is 267 g/mol. The number of aryl methyl sites for hydroxylation is 1. The monoisotopic (exact) mass is 267 g/mol. The molecule has 100 valence electrons. The SMILES string of the molecule is Cc1ccc(-n2ncc(-c3ccc(F)cc3)c2N)cc1. The van der Waals surface area contributed by atoms with Gasteiger partial charge in [-0.2, -0.15) is 5.10 Å². The minimum atomic E-state index is -0.266. The second kappa shape index (κ2) is 4.81. The Balaban J connectivity index is 2.04. The van der Waals surface area contributed by atoms with Crippen LogP contribution in [0.3, 0.4) is 0 Å². The van der Waals surface area contributed by atoms with Crippen LogP contribution in [0, 0.1) is 12.7 Å². The largest absolute Gasteiger partial charge is 0.383 e. The van der Waals surface area contributed by atoms with Crippen molar-refractivity contribution in [2.24, 2.45) is 0 Å². The molecule has 1 heterocycles. The molecule has 0 bridgehead atoms. The third-order valence-corrected chi connectivity index (χ3v) is 3.24. The van der Waals surface area contributed by atoms with E-state index in [9.17, 15) is 4.39 Å². The van der Waals surface area contributed by atoms with Crippen LogP contribution in [-0.2, 0) is 0 Å². The summed E-state index contributed by atoms with van der Waals surface area (Å²) in [5, 5.41) is 4.31. The van der Waals surface area contributed by atoms with Gasteiger partial charge >= 0.3 is 0 Å². The molecule has 4 heteroatoms. The van der Waals surface area contributed by atoms with Crippen LogP contribution in [0.4, 0.5) is 10.2 Å². The molecule has 0 saturated carbocycles. The summed E-state index contributed by atoms with van der Waals surface area (Å²) in [6.07, 6.45) is 1.70. The highest BCUT2D eigenvalue weighted by atomic mass is 19.1. The number of aromatic nitrogens is 2. The van der Waals surface area contributed by atoms with Crippen LogP contribution in [-0.4, -0.2) is 9.78 Å². The molecule has 3 rings (SSSR count). The fourth-order valence-corrected chi connectivity index (χ4v) is 2.10. The van der Waals surface area contributed by atoms with E-state index in [0.717, 1.165) is 16.8 Å². The molecule has 20 heavy (non-hydrogen) atoms. The second-order valence-electron chi connectivity index (χ2n) is 4.70. The van der Waals surface area contributed by atoms with Crippen molar-refractivity contribution in [1.82, 2.24) is 9.78 Å². The Morgan fingerprint density at radius 3 is 2.30 bits per heavy atom. The number of anilines is 1. The van der Waals surface area contributed by atoms with E-state index >= 15 is 0 Å². The first-order chi connectivity index (χ1) is 9.65. The lowest BCUT2D eigenvalue weighted by atomic mass is 10.1. The standard InChI is InChI=1S/C16H14FN3/c1-11-2-8-14(9-3-11)20-16(18)15(10-19-20)12-4-6-13(17)7-5-12/h2-10H,18H2,1H3. The summed E-state index contributed by atoms with van der Waals surface area (Å²) >= 11 is 0. The number of benzene rings is 2.